The second-order valence-electron chi connectivity index (χ2n) is 9.63. The highest BCUT2D eigenvalue weighted by Gasteiger charge is 2.54. The summed E-state index contributed by atoms with van der Waals surface area (Å²) in [5, 5.41) is 43.2. The summed E-state index contributed by atoms with van der Waals surface area (Å²) in [4.78, 5) is 23.8. The van der Waals surface area contributed by atoms with Crippen LogP contribution >= 0.6 is 11.6 Å². The van der Waals surface area contributed by atoms with Crippen LogP contribution in [-0.4, -0.2) is 73.4 Å². The van der Waals surface area contributed by atoms with E-state index in [0.717, 1.165) is 0 Å². The molecule has 9 heteroatoms. The second-order valence-corrected chi connectivity index (χ2v) is 10.6. The van der Waals surface area contributed by atoms with E-state index in [2.05, 4.69) is 6.58 Å². The van der Waals surface area contributed by atoms with Gasteiger partial charge in [-0.3, -0.25) is 0 Å². The second kappa shape index (κ2) is 11.8. The standard InChI is InChI=1S/C25H39ClO8/c1-9-13(3)22(30)33-17(12-18(27)24(6,7)26)15(5)16-11-19(28)25(8,32)21(20(16)29)34-23(31)14(4)10-2/h9-10,16-21,27-29,32H,5,11-12H2,1-4,6-8H3/b13-9-,14-10-/t16-,17?,18?,19+,20+,21+,25-/m1/s1. The van der Waals surface area contributed by atoms with Crippen molar-refractivity contribution in [2.24, 2.45) is 5.92 Å². The molecule has 0 heterocycles. The molecule has 34 heavy (non-hydrogen) atoms. The summed E-state index contributed by atoms with van der Waals surface area (Å²) in [6, 6.07) is 0. The number of hydrogen-bond donors (Lipinski definition) is 4. The van der Waals surface area contributed by atoms with Crippen molar-refractivity contribution in [1.82, 2.24) is 0 Å². The molecule has 0 aromatic heterocycles. The molecule has 1 saturated carbocycles. The number of aliphatic hydroxyl groups is 4. The van der Waals surface area contributed by atoms with Gasteiger partial charge in [-0.2, -0.15) is 0 Å². The zero-order valence-corrected chi connectivity index (χ0v) is 21.8. The van der Waals surface area contributed by atoms with E-state index in [1.807, 2.05) is 0 Å². The van der Waals surface area contributed by atoms with Crippen LogP contribution in [0.15, 0.2) is 35.5 Å². The van der Waals surface area contributed by atoms with Crippen molar-refractivity contribution < 1.29 is 39.5 Å². The van der Waals surface area contributed by atoms with Gasteiger partial charge in [-0.15, -0.1) is 11.6 Å². The van der Waals surface area contributed by atoms with Gasteiger partial charge < -0.3 is 29.9 Å². The third-order valence-electron chi connectivity index (χ3n) is 6.56. The molecule has 1 aliphatic carbocycles. The van der Waals surface area contributed by atoms with Crippen LogP contribution in [0.3, 0.4) is 0 Å². The summed E-state index contributed by atoms with van der Waals surface area (Å²) < 4.78 is 11.0. The Morgan fingerprint density at radius 3 is 2.15 bits per heavy atom. The summed E-state index contributed by atoms with van der Waals surface area (Å²) in [5.41, 5.74) is -1.15. The number of aliphatic hydroxyl groups excluding tert-OH is 3. The highest BCUT2D eigenvalue weighted by Crippen LogP contribution is 2.40. The monoisotopic (exact) mass is 502 g/mol. The summed E-state index contributed by atoms with van der Waals surface area (Å²) >= 11 is 6.24. The SMILES string of the molecule is C=C(C(CC(O)C(C)(C)Cl)OC(=O)/C(C)=C\C)[C@H]1C[C@H](O)[C@@](C)(O)[C@@H](OC(=O)/C(C)=C\C)[C@H]1O. The Balaban J connectivity index is 3.32. The number of ether oxygens (including phenoxy) is 2. The van der Waals surface area contributed by atoms with Crippen LogP contribution in [-0.2, 0) is 19.1 Å². The maximum absolute atomic E-state index is 12.5. The molecule has 0 bridgehead atoms. The van der Waals surface area contributed by atoms with Crippen LogP contribution in [0, 0.1) is 5.92 Å². The van der Waals surface area contributed by atoms with Crippen LogP contribution in [0.4, 0.5) is 0 Å². The van der Waals surface area contributed by atoms with Gasteiger partial charge in [-0.1, -0.05) is 18.7 Å². The van der Waals surface area contributed by atoms with Gasteiger partial charge in [0.05, 0.1) is 17.1 Å². The largest absolute Gasteiger partial charge is 0.454 e. The Bertz CT molecular complexity index is 823. The first kappa shape index (κ1) is 30.3. The van der Waals surface area contributed by atoms with Crippen molar-refractivity contribution in [3.8, 4) is 0 Å². The summed E-state index contributed by atoms with van der Waals surface area (Å²) in [7, 11) is 0. The number of carbonyl (C=O) groups excluding carboxylic acids is 2. The van der Waals surface area contributed by atoms with E-state index in [0.29, 0.717) is 5.57 Å². The van der Waals surface area contributed by atoms with E-state index in [-0.39, 0.29) is 24.0 Å². The Morgan fingerprint density at radius 2 is 1.68 bits per heavy atom. The molecule has 0 aliphatic heterocycles. The lowest BCUT2D eigenvalue weighted by Gasteiger charge is -2.47. The zero-order valence-electron chi connectivity index (χ0n) is 21.0. The average Bonchev–Trinajstić information content (AvgIpc) is 2.76. The van der Waals surface area contributed by atoms with Gasteiger partial charge in [0.15, 0.2) is 6.10 Å². The van der Waals surface area contributed by atoms with E-state index in [1.165, 1.54) is 19.9 Å². The summed E-state index contributed by atoms with van der Waals surface area (Å²) in [6.07, 6.45) is -3.67. The fraction of sp³-hybridized carbons (Fsp3) is 0.680. The molecule has 0 saturated heterocycles. The molecule has 194 valence electrons. The molecule has 1 rings (SSSR count). The number of rotatable bonds is 9. The molecule has 8 nitrogen and oxygen atoms in total. The molecular formula is C25H39ClO8. The first-order chi connectivity index (χ1) is 15.5. The minimum absolute atomic E-state index is 0.115. The minimum Gasteiger partial charge on any atom is -0.454 e. The number of alkyl halides is 1. The molecule has 0 aromatic rings. The molecule has 7 atom stereocenters. The van der Waals surface area contributed by atoms with Crippen molar-refractivity contribution in [1.29, 1.82) is 0 Å². The predicted octanol–water partition coefficient (Wildman–Crippen LogP) is 2.56. The quantitative estimate of drug-likeness (QED) is 0.163. The van der Waals surface area contributed by atoms with E-state index in [9.17, 15) is 30.0 Å². The Labute approximate surface area is 206 Å². The zero-order chi connectivity index (χ0) is 26.6. The number of allylic oxidation sites excluding steroid dienone is 2. The summed E-state index contributed by atoms with van der Waals surface area (Å²) in [5.74, 6) is -2.32. The maximum atomic E-state index is 12.5. The molecular weight excluding hydrogens is 464 g/mol. The molecule has 0 spiro atoms. The van der Waals surface area contributed by atoms with Crippen molar-refractivity contribution in [3.63, 3.8) is 0 Å². The molecule has 2 unspecified atom stereocenters. The Hall–Kier alpha value is -1.71. The Morgan fingerprint density at radius 1 is 1.18 bits per heavy atom. The van der Waals surface area contributed by atoms with Crippen molar-refractivity contribution in [3.05, 3.63) is 35.5 Å². The van der Waals surface area contributed by atoms with Gasteiger partial charge in [-0.25, -0.2) is 9.59 Å². The van der Waals surface area contributed by atoms with E-state index in [1.54, 1.807) is 40.7 Å². The fourth-order valence-electron chi connectivity index (χ4n) is 3.59. The topological polar surface area (TPSA) is 134 Å². The van der Waals surface area contributed by atoms with Gasteiger partial charge in [0, 0.05) is 23.5 Å². The third kappa shape index (κ3) is 7.15. The molecule has 1 aliphatic rings. The first-order valence-corrected chi connectivity index (χ1v) is 11.7. The predicted molar refractivity (Wildman–Crippen MR) is 129 cm³/mol. The number of halogens is 1. The third-order valence-corrected chi connectivity index (χ3v) is 6.82. The molecule has 1 fully saturated rings. The molecule has 0 aromatic carbocycles. The van der Waals surface area contributed by atoms with Crippen LogP contribution < -0.4 is 0 Å². The van der Waals surface area contributed by atoms with Crippen molar-refractivity contribution in [2.45, 2.75) is 102 Å². The maximum Gasteiger partial charge on any atom is 0.333 e. The van der Waals surface area contributed by atoms with E-state index < -0.39 is 58.9 Å². The normalized spacial score (nSPS) is 30.4. The lowest BCUT2D eigenvalue weighted by atomic mass is 9.69. The van der Waals surface area contributed by atoms with Crippen molar-refractivity contribution >= 4 is 23.5 Å². The van der Waals surface area contributed by atoms with Crippen LogP contribution in [0.5, 0.6) is 0 Å². The van der Waals surface area contributed by atoms with Gasteiger partial charge in [0.2, 0.25) is 0 Å². The average molecular weight is 503 g/mol. The van der Waals surface area contributed by atoms with Gasteiger partial charge in [0.25, 0.3) is 0 Å². The highest BCUT2D eigenvalue weighted by molar-refractivity contribution is 6.23. The highest BCUT2D eigenvalue weighted by atomic mass is 35.5. The Kier molecular flexibility index (Phi) is 10.5. The lowest BCUT2D eigenvalue weighted by molar-refractivity contribution is -0.221. The van der Waals surface area contributed by atoms with Crippen molar-refractivity contribution in [2.75, 3.05) is 0 Å². The fourth-order valence-corrected chi connectivity index (χ4v) is 3.68. The van der Waals surface area contributed by atoms with Crippen LogP contribution in [0.1, 0.15) is 61.3 Å². The molecule has 0 amide bonds. The van der Waals surface area contributed by atoms with Gasteiger partial charge in [0.1, 0.15) is 17.8 Å². The van der Waals surface area contributed by atoms with E-state index >= 15 is 0 Å². The number of hydrogen-bond acceptors (Lipinski definition) is 8. The number of esters is 2. The summed E-state index contributed by atoms with van der Waals surface area (Å²) in [6.45, 7) is 14.9. The smallest absolute Gasteiger partial charge is 0.333 e. The lowest BCUT2D eigenvalue weighted by Crippen LogP contribution is -2.63. The molecule has 4 N–H and O–H groups in total. The molecule has 0 radical (unpaired) electrons. The minimum atomic E-state index is -1.94. The number of carbonyl (C=O) groups is 2. The van der Waals surface area contributed by atoms with Crippen LogP contribution in [0.25, 0.3) is 0 Å². The van der Waals surface area contributed by atoms with E-state index in [4.69, 9.17) is 21.1 Å². The van der Waals surface area contributed by atoms with Gasteiger partial charge >= 0.3 is 11.9 Å². The first-order valence-electron chi connectivity index (χ1n) is 11.3. The van der Waals surface area contributed by atoms with Gasteiger partial charge in [-0.05, 0) is 60.5 Å². The van der Waals surface area contributed by atoms with Crippen LogP contribution in [0.2, 0.25) is 0 Å².